The van der Waals surface area contributed by atoms with Crippen molar-refractivity contribution in [1.82, 2.24) is 0 Å². The predicted molar refractivity (Wildman–Crippen MR) is 96.7 cm³/mol. The van der Waals surface area contributed by atoms with Crippen molar-refractivity contribution in [2.24, 2.45) is 5.90 Å². The Hall–Kier alpha value is -2.53. The van der Waals surface area contributed by atoms with Crippen LogP contribution in [0.25, 0.3) is 0 Å². The first-order chi connectivity index (χ1) is 11.8. The lowest BCUT2D eigenvalue weighted by Gasteiger charge is -2.15. The number of phenolic OH excluding ortho intramolecular Hbond substituents is 1. The van der Waals surface area contributed by atoms with Crippen molar-refractivity contribution in [3.63, 3.8) is 0 Å². The summed E-state index contributed by atoms with van der Waals surface area (Å²) in [5.41, 5.74) is 5.46. The van der Waals surface area contributed by atoms with Gasteiger partial charge in [-0.15, -0.1) is 0 Å². The van der Waals surface area contributed by atoms with Crippen LogP contribution in [-0.2, 0) is 16.1 Å². The van der Waals surface area contributed by atoms with Crippen LogP contribution in [0.2, 0.25) is 0 Å². The molecule has 0 aromatic heterocycles. The summed E-state index contributed by atoms with van der Waals surface area (Å²) >= 11 is 0. The Labute approximate surface area is 148 Å². The van der Waals surface area contributed by atoms with Crippen molar-refractivity contribution < 1.29 is 19.5 Å². The number of rotatable bonds is 6. The van der Waals surface area contributed by atoms with Crippen molar-refractivity contribution in [2.45, 2.75) is 40.0 Å². The summed E-state index contributed by atoms with van der Waals surface area (Å²) in [5, 5.41) is 9.98. The van der Waals surface area contributed by atoms with E-state index in [0.717, 1.165) is 28.7 Å². The van der Waals surface area contributed by atoms with Crippen LogP contribution in [0.5, 0.6) is 11.5 Å². The molecular weight excluding hydrogens is 318 g/mol. The number of benzene rings is 2. The predicted octanol–water partition coefficient (Wildman–Crippen LogP) is 3.52. The Kier molecular flexibility index (Phi) is 6.04. The highest BCUT2D eigenvalue weighted by Crippen LogP contribution is 2.29. The van der Waals surface area contributed by atoms with Gasteiger partial charge in [-0.05, 0) is 72.2 Å². The van der Waals surface area contributed by atoms with Gasteiger partial charge in [0.15, 0.2) is 6.61 Å². The number of hydrogen-bond donors (Lipinski definition) is 2. The molecule has 0 saturated heterocycles. The molecule has 134 valence electrons. The number of aromatic hydroxyl groups is 1. The van der Waals surface area contributed by atoms with Crippen LogP contribution in [0.15, 0.2) is 30.3 Å². The van der Waals surface area contributed by atoms with E-state index in [2.05, 4.69) is 24.8 Å². The van der Waals surface area contributed by atoms with E-state index in [9.17, 15) is 9.90 Å². The minimum absolute atomic E-state index is 0.218. The van der Waals surface area contributed by atoms with Gasteiger partial charge in [0.1, 0.15) is 11.5 Å². The molecule has 0 atom stereocenters. The summed E-state index contributed by atoms with van der Waals surface area (Å²) in [6.45, 7) is 7.94. The fourth-order valence-corrected chi connectivity index (χ4v) is 2.87. The molecule has 2 rings (SSSR count). The summed E-state index contributed by atoms with van der Waals surface area (Å²) in [4.78, 5) is 15.2. The van der Waals surface area contributed by atoms with E-state index < -0.39 is 5.97 Å². The van der Waals surface area contributed by atoms with E-state index >= 15 is 0 Å². The van der Waals surface area contributed by atoms with Crippen LogP contribution in [0.4, 0.5) is 0 Å². The number of aryl methyl sites for hydroxylation is 2. The SMILES string of the molecule is Cc1cc(OCC(=O)ON)cc(C)c1Cc1ccc(O)c(C(C)C)c1. The third-order valence-electron chi connectivity index (χ3n) is 4.25. The van der Waals surface area contributed by atoms with Crippen LogP contribution in [0.1, 0.15) is 47.6 Å². The Balaban J connectivity index is 2.23. The summed E-state index contributed by atoms with van der Waals surface area (Å²) in [6, 6.07) is 9.55. The number of carbonyl (C=O) groups is 1. The number of carbonyl (C=O) groups excluding carboxylic acids is 1. The zero-order valence-corrected chi connectivity index (χ0v) is 15.1. The molecule has 0 unspecified atom stereocenters. The largest absolute Gasteiger partial charge is 0.508 e. The van der Waals surface area contributed by atoms with Crippen LogP contribution < -0.4 is 10.6 Å². The molecule has 0 aliphatic rings. The lowest BCUT2D eigenvalue weighted by atomic mass is 9.93. The molecule has 5 heteroatoms. The van der Waals surface area contributed by atoms with E-state index in [4.69, 9.17) is 10.6 Å². The molecule has 0 aliphatic carbocycles. The first-order valence-corrected chi connectivity index (χ1v) is 8.26. The van der Waals surface area contributed by atoms with E-state index in [1.54, 1.807) is 6.07 Å². The highest BCUT2D eigenvalue weighted by molar-refractivity contribution is 5.70. The van der Waals surface area contributed by atoms with Crippen LogP contribution in [-0.4, -0.2) is 17.7 Å². The molecule has 0 heterocycles. The Morgan fingerprint density at radius 3 is 2.36 bits per heavy atom. The standard InChI is InChI=1S/C20H25NO4/c1-12(2)17-9-15(5-6-19(17)22)10-18-13(3)7-16(8-14(18)4)24-11-20(23)25-21/h5-9,12,22H,10-11,21H2,1-4H3. The van der Waals surface area contributed by atoms with Crippen molar-refractivity contribution in [2.75, 3.05) is 6.61 Å². The molecule has 0 amide bonds. The zero-order chi connectivity index (χ0) is 18.6. The average Bonchev–Trinajstić information content (AvgIpc) is 2.57. The van der Waals surface area contributed by atoms with Gasteiger partial charge in [-0.3, -0.25) is 0 Å². The maximum Gasteiger partial charge on any atom is 0.362 e. The average molecular weight is 343 g/mol. The Bertz CT molecular complexity index is 745. The molecular formula is C20H25NO4. The third-order valence-corrected chi connectivity index (χ3v) is 4.25. The Morgan fingerprint density at radius 2 is 1.80 bits per heavy atom. The molecule has 0 spiro atoms. The molecule has 0 radical (unpaired) electrons. The second kappa shape index (κ2) is 8.03. The van der Waals surface area contributed by atoms with Gasteiger partial charge in [0.25, 0.3) is 0 Å². The Morgan fingerprint density at radius 1 is 1.16 bits per heavy atom. The van der Waals surface area contributed by atoms with Crippen molar-refractivity contribution in [3.8, 4) is 11.5 Å². The van der Waals surface area contributed by atoms with Crippen molar-refractivity contribution >= 4 is 5.97 Å². The second-order valence-electron chi connectivity index (χ2n) is 6.54. The summed E-state index contributed by atoms with van der Waals surface area (Å²) in [6.07, 6.45) is 0.767. The molecule has 0 saturated carbocycles. The smallest absolute Gasteiger partial charge is 0.362 e. The fraction of sp³-hybridized carbons (Fsp3) is 0.350. The van der Waals surface area contributed by atoms with Crippen molar-refractivity contribution in [1.29, 1.82) is 0 Å². The van der Waals surface area contributed by atoms with E-state index in [1.807, 2.05) is 32.0 Å². The highest BCUT2D eigenvalue weighted by atomic mass is 16.7. The zero-order valence-electron chi connectivity index (χ0n) is 15.1. The molecule has 3 N–H and O–H groups in total. The van der Waals surface area contributed by atoms with Crippen LogP contribution in [0.3, 0.4) is 0 Å². The maximum atomic E-state index is 11.1. The minimum Gasteiger partial charge on any atom is -0.508 e. The van der Waals surface area contributed by atoms with Gasteiger partial charge in [0, 0.05) is 0 Å². The van der Waals surface area contributed by atoms with Crippen molar-refractivity contribution in [3.05, 3.63) is 58.1 Å². The summed E-state index contributed by atoms with van der Waals surface area (Å²) < 4.78 is 5.40. The van der Waals surface area contributed by atoms with Gasteiger partial charge >= 0.3 is 5.97 Å². The fourth-order valence-electron chi connectivity index (χ4n) is 2.87. The van der Waals surface area contributed by atoms with E-state index in [1.165, 1.54) is 5.56 Å². The van der Waals surface area contributed by atoms with Crippen LogP contribution in [0, 0.1) is 13.8 Å². The van der Waals surface area contributed by atoms with Gasteiger partial charge in [-0.1, -0.05) is 26.0 Å². The van der Waals surface area contributed by atoms with Gasteiger partial charge < -0.3 is 14.7 Å². The lowest BCUT2D eigenvalue weighted by molar-refractivity contribution is -0.146. The molecule has 0 bridgehead atoms. The number of hydrogen-bond acceptors (Lipinski definition) is 5. The number of phenols is 1. The number of ether oxygens (including phenoxy) is 1. The highest BCUT2D eigenvalue weighted by Gasteiger charge is 2.11. The molecule has 25 heavy (non-hydrogen) atoms. The molecule has 2 aromatic rings. The van der Waals surface area contributed by atoms with Gasteiger partial charge in [0.2, 0.25) is 0 Å². The minimum atomic E-state index is -0.621. The number of nitrogens with two attached hydrogens (primary N) is 1. The topological polar surface area (TPSA) is 81.8 Å². The summed E-state index contributed by atoms with van der Waals surface area (Å²) in [5.74, 6) is 5.39. The molecule has 0 aliphatic heterocycles. The first kappa shape index (κ1) is 18.8. The van der Waals surface area contributed by atoms with E-state index in [-0.39, 0.29) is 12.5 Å². The second-order valence-corrected chi connectivity index (χ2v) is 6.54. The van der Waals surface area contributed by atoms with Gasteiger partial charge in [0.05, 0.1) is 0 Å². The first-order valence-electron chi connectivity index (χ1n) is 8.26. The van der Waals surface area contributed by atoms with Crippen LogP contribution >= 0.6 is 0 Å². The monoisotopic (exact) mass is 343 g/mol. The van der Waals surface area contributed by atoms with E-state index in [0.29, 0.717) is 11.5 Å². The molecule has 2 aromatic carbocycles. The lowest BCUT2D eigenvalue weighted by Crippen LogP contribution is -2.18. The molecule has 5 nitrogen and oxygen atoms in total. The van der Waals surface area contributed by atoms with Gasteiger partial charge in [-0.2, -0.15) is 5.90 Å². The molecule has 0 fully saturated rings. The van der Waals surface area contributed by atoms with Gasteiger partial charge in [-0.25, -0.2) is 4.79 Å². The summed E-state index contributed by atoms with van der Waals surface area (Å²) in [7, 11) is 0. The quantitative estimate of drug-likeness (QED) is 0.784. The maximum absolute atomic E-state index is 11.1. The third kappa shape index (κ3) is 4.73. The normalized spacial score (nSPS) is 10.8.